The molecule has 0 aliphatic carbocycles. The lowest BCUT2D eigenvalue weighted by Gasteiger charge is -2.40. The summed E-state index contributed by atoms with van der Waals surface area (Å²) in [6, 6.07) is 5.06. The minimum absolute atomic E-state index is 0.0646. The van der Waals surface area contributed by atoms with E-state index in [9.17, 15) is 25.2 Å². The van der Waals surface area contributed by atoms with Gasteiger partial charge in [-0.15, -0.1) is 0 Å². The number of ether oxygens (including phenoxy) is 3. The Balaban J connectivity index is 2.27. The Morgan fingerprint density at radius 1 is 1.09 bits per heavy atom. The van der Waals surface area contributed by atoms with Gasteiger partial charge in [0.1, 0.15) is 42.5 Å². The van der Waals surface area contributed by atoms with Crippen LogP contribution in [0.4, 0.5) is 5.69 Å². The van der Waals surface area contributed by atoms with E-state index in [4.69, 9.17) is 14.2 Å². The second-order valence-electron chi connectivity index (χ2n) is 10.0. The largest absolute Gasteiger partial charge is 0.510 e. The number of carbonyl (C=O) groups is 1. The number of nitrogens with one attached hydrogen (secondary N) is 1. The highest BCUT2D eigenvalue weighted by molar-refractivity contribution is 5.75. The van der Waals surface area contributed by atoms with Crippen LogP contribution in [0.3, 0.4) is 0 Å². The summed E-state index contributed by atoms with van der Waals surface area (Å²) in [5.74, 6) is -0.536. The van der Waals surface area contributed by atoms with Crippen LogP contribution in [-0.4, -0.2) is 62.6 Å². The lowest BCUT2D eigenvalue weighted by molar-refractivity contribution is -0.268. The average Bonchev–Trinajstić information content (AvgIpc) is 2.65. The molecule has 1 aromatic carbocycles. The molecule has 5 N–H and O–H groups in total. The molecule has 180 valence electrons. The zero-order valence-electron chi connectivity index (χ0n) is 19.5. The number of hydrogen-bond donors (Lipinski definition) is 5. The normalized spacial score (nSPS) is 26.3. The van der Waals surface area contributed by atoms with E-state index in [0.29, 0.717) is 17.0 Å². The summed E-state index contributed by atoms with van der Waals surface area (Å²) in [6.07, 6.45) is -7.46. The summed E-state index contributed by atoms with van der Waals surface area (Å²) in [6.45, 7) is 14.5. The van der Waals surface area contributed by atoms with E-state index in [1.54, 1.807) is 39.0 Å². The van der Waals surface area contributed by atoms with Crippen molar-refractivity contribution in [3.63, 3.8) is 0 Å². The summed E-state index contributed by atoms with van der Waals surface area (Å²) in [7, 11) is 0. The second-order valence-corrected chi connectivity index (χ2v) is 10.0. The zero-order valence-corrected chi connectivity index (χ0v) is 19.5. The monoisotopic (exact) mass is 453 g/mol. The van der Waals surface area contributed by atoms with Crippen molar-refractivity contribution in [3.05, 3.63) is 36.1 Å². The van der Waals surface area contributed by atoms with Crippen LogP contribution in [0.25, 0.3) is 0 Å². The Hall–Kier alpha value is -2.33. The Bertz CT molecular complexity index is 826. The molecule has 0 spiro atoms. The Morgan fingerprint density at radius 3 is 2.25 bits per heavy atom. The molecule has 9 heteroatoms. The fourth-order valence-corrected chi connectivity index (χ4v) is 2.98. The molecule has 9 nitrogen and oxygen atoms in total. The number of carbonyl (C=O) groups excluding carboxylic acids is 1. The first kappa shape index (κ1) is 25.9. The molecule has 32 heavy (non-hydrogen) atoms. The molecule has 5 unspecified atom stereocenters. The van der Waals surface area contributed by atoms with E-state index in [0.717, 1.165) is 0 Å². The maximum Gasteiger partial charge on any atom is 0.311 e. The number of aliphatic hydroxyl groups is 4. The molecule has 0 amide bonds. The minimum atomic E-state index is -1.61. The molecule has 1 saturated heterocycles. The van der Waals surface area contributed by atoms with E-state index in [2.05, 4.69) is 11.9 Å². The van der Waals surface area contributed by atoms with Crippen molar-refractivity contribution in [2.75, 3.05) is 5.32 Å². The van der Waals surface area contributed by atoms with E-state index in [-0.39, 0.29) is 18.1 Å². The van der Waals surface area contributed by atoms with Gasteiger partial charge in [0.25, 0.3) is 0 Å². The van der Waals surface area contributed by atoms with Crippen LogP contribution in [0.1, 0.15) is 47.1 Å². The molecule has 1 heterocycles. The molecule has 1 aliphatic heterocycles. The van der Waals surface area contributed by atoms with Crippen LogP contribution in [0.5, 0.6) is 5.75 Å². The quantitative estimate of drug-likeness (QED) is 0.324. The molecular formula is C23H35NO8. The van der Waals surface area contributed by atoms with Gasteiger partial charge in [0.15, 0.2) is 0 Å². The smallest absolute Gasteiger partial charge is 0.311 e. The standard InChI is InChI=1S/C23H35NO8/c1-12(25)19-17(27)16(26)18(28)20(32-19)31-15-9-8-13(10-14(15)24-23(5,6)7)11-30-21(29)22(2,3)4/h8-10,16-20,24-28H,1,11H2,2-7H3. The topological polar surface area (TPSA) is 138 Å². The van der Waals surface area contributed by atoms with Crippen LogP contribution >= 0.6 is 0 Å². The van der Waals surface area contributed by atoms with Gasteiger partial charge in [-0.05, 0) is 59.2 Å². The van der Waals surface area contributed by atoms with E-state index in [1.165, 1.54) is 0 Å². The molecule has 0 saturated carbocycles. The third-order valence-electron chi connectivity index (χ3n) is 4.68. The number of esters is 1. The first-order valence-corrected chi connectivity index (χ1v) is 10.4. The van der Waals surface area contributed by atoms with Crippen molar-refractivity contribution in [2.24, 2.45) is 5.41 Å². The summed E-state index contributed by atoms with van der Waals surface area (Å²) < 4.78 is 16.6. The summed E-state index contributed by atoms with van der Waals surface area (Å²) in [4.78, 5) is 12.1. The molecular weight excluding hydrogens is 418 g/mol. The number of hydrogen-bond acceptors (Lipinski definition) is 9. The predicted octanol–water partition coefficient (Wildman–Crippen LogP) is 2.24. The van der Waals surface area contributed by atoms with Crippen molar-refractivity contribution >= 4 is 11.7 Å². The molecule has 1 aliphatic rings. The third kappa shape index (κ3) is 6.59. The van der Waals surface area contributed by atoms with Gasteiger partial charge < -0.3 is 40.0 Å². The van der Waals surface area contributed by atoms with E-state index in [1.807, 2.05) is 20.8 Å². The zero-order chi connectivity index (χ0) is 24.4. The van der Waals surface area contributed by atoms with Crippen molar-refractivity contribution < 1.29 is 39.4 Å². The highest BCUT2D eigenvalue weighted by Gasteiger charge is 2.46. The van der Waals surface area contributed by atoms with Crippen LogP contribution in [0.15, 0.2) is 30.5 Å². The van der Waals surface area contributed by atoms with Crippen molar-refractivity contribution in [3.8, 4) is 5.75 Å². The second kappa shape index (κ2) is 9.66. The van der Waals surface area contributed by atoms with Crippen molar-refractivity contribution in [1.29, 1.82) is 0 Å². The minimum Gasteiger partial charge on any atom is -0.510 e. The Morgan fingerprint density at radius 2 is 1.72 bits per heavy atom. The van der Waals surface area contributed by atoms with Gasteiger partial charge in [0.05, 0.1) is 11.1 Å². The van der Waals surface area contributed by atoms with Gasteiger partial charge >= 0.3 is 5.97 Å². The number of benzene rings is 1. The SMILES string of the molecule is C=C(O)C1OC(Oc2ccc(COC(=O)C(C)(C)C)cc2NC(C)(C)C)C(O)C(O)C1O. The Labute approximate surface area is 188 Å². The number of aliphatic hydroxyl groups excluding tert-OH is 4. The maximum absolute atomic E-state index is 12.1. The van der Waals surface area contributed by atoms with Gasteiger partial charge in [-0.1, -0.05) is 12.6 Å². The summed E-state index contributed by atoms with van der Waals surface area (Å²) in [5.41, 5.74) is 0.270. The van der Waals surface area contributed by atoms with Crippen LogP contribution in [0, 0.1) is 5.41 Å². The number of rotatable bonds is 6. The lowest BCUT2D eigenvalue weighted by Crippen LogP contribution is -2.59. The molecule has 0 aromatic heterocycles. The molecule has 0 bridgehead atoms. The Kier molecular flexibility index (Phi) is 7.83. The van der Waals surface area contributed by atoms with Gasteiger partial charge in [0, 0.05) is 5.54 Å². The fourth-order valence-electron chi connectivity index (χ4n) is 2.98. The maximum atomic E-state index is 12.1. The van der Waals surface area contributed by atoms with Gasteiger partial charge in [-0.25, -0.2) is 0 Å². The average molecular weight is 454 g/mol. The first-order chi connectivity index (χ1) is 14.6. The van der Waals surface area contributed by atoms with Crippen molar-refractivity contribution in [1.82, 2.24) is 0 Å². The van der Waals surface area contributed by atoms with Crippen molar-refractivity contribution in [2.45, 2.75) is 84.4 Å². The van der Waals surface area contributed by atoms with Gasteiger partial charge in [-0.2, -0.15) is 0 Å². The van der Waals surface area contributed by atoms with Crippen LogP contribution in [0.2, 0.25) is 0 Å². The van der Waals surface area contributed by atoms with Crippen LogP contribution < -0.4 is 10.1 Å². The highest BCUT2D eigenvalue weighted by Crippen LogP contribution is 2.33. The van der Waals surface area contributed by atoms with E-state index < -0.39 is 41.9 Å². The molecule has 5 atom stereocenters. The molecule has 1 aromatic rings. The summed E-state index contributed by atoms with van der Waals surface area (Å²) in [5, 5.41) is 43.4. The third-order valence-corrected chi connectivity index (χ3v) is 4.68. The van der Waals surface area contributed by atoms with Gasteiger partial charge in [-0.3, -0.25) is 4.79 Å². The molecule has 1 fully saturated rings. The molecule has 2 rings (SSSR count). The predicted molar refractivity (Wildman–Crippen MR) is 118 cm³/mol. The van der Waals surface area contributed by atoms with Crippen LogP contribution in [-0.2, 0) is 20.9 Å². The molecule has 0 radical (unpaired) electrons. The fraction of sp³-hybridized carbons (Fsp3) is 0.609. The number of anilines is 1. The highest BCUT2D eigenvalue weighted by atomic mass is 16.7. The van der Waals surface area contributed by atoms with Gasteiger partial charge in [0.2, 0.25) is 6.29 Å². The summed E-state index contributed by atoms with van der Waals surface area (Å²) >= 11 is 0. The lowest BCUT2D eigenvalue weighted by atomic mass is 9.97. The van der Waals surface area contributed by atoms with E-state index >= 15 is 0 Å². The first-order valence-electron chi connectivity index (χ1n) is 10.4.